The number of benzene rings is 1. The molecule has 3 heterocycles. The van der Waals surface area contributed by atoms with Crippen molar-refractivity contribution in [2.24, 2.45) is 0 Å². The Morgan fingerprint density at radius 1 is 1.22 bits per heavy atom. The van der Waals surface area contributed by atoms with E-state index in [0.717, 1.165) is 32.5 Å². The Morgan fingerprint density at radius 2 is 2.13 bits per heavy atom. The fourth-order valence-corrected chi connectivity index (χ4v) is 4.68. The zero-order valence-electron chi connectivity index (χ0n) is 12.9. The highest BCUT2D eigenvalue weighted by molar-refractivity contribution is 7.17. The third-order valence-corrected chi connectivity index (χ3v) is 6.15. The molecule has 0 spiro atoms. The number of nitrogens with two attached hydrogens (primary N) is 1. The molecule has 3 nitrogen and oxygen atoms in total. The summed E-state index contributed by atoms with van der Waals surface area (Å²) in [5.41, 5.74) is 8.29. The van der Waals surface area contributed by atoms with Gasteiger partial charge in [-0.2, -0.15) is 0 Å². The first-order valence-electron chi connectivity index (χ1n) is 7.88. The first-order chi connectivity index (χ1) is 11.3. The molecule has 3 aromatic rings. The van der Waals surface area contributed by atoms with E-state index in [2.05, 4.69) is 51.7 Å². The van der Waals surface area contributed by atoms with E-state index in [-0.39, 0.29) is 0 Å². The van der Waals surface area contributed by atoms with Crippen LogP contribution >= 0.6 is 22.7 Å². The zero-order chi connectivity index (χ0) is 15.6. The van der Waals surface area contributed by atoms with Crippen LogP contribution in [0.25, 0.3) is 16.2 Å². The fraction of sp³-hybridized carbons (Fsp3) is 0.278. The van der Waals surface area contributed by atoms with Gasteiger partial charge in [-0.3, -0.25) is 4.90 Å². The lowest BCUT2D eigenvalue weighted by Gasteiger charge is -2.17. The molecule has 0 saturated heterocycles. The lowest BCUT2D eigenvalue weighted by molar-refractivity contribution is 0.318. The molecule has 0 atom stereocenters. The summed E-state index contributed by atoms with van der Waals surface area (Å²) in [6.45, 7) is 3.14. The summed E-state index contributed by atoms with van der Waals surface area (Å²) in [5.74, 6) is 0. The first kappa shape index (κ1) is 14.9. The molecule has 2 N–H and O–H groups in total. The summed E-state index contributed by atoms with van der Waals surface area (Å²) in [4.78, 5) is 8.31. The summed E-state index contributed by atoms with van der Waals surface area (Å²) in [7, 11) is 0. The van der Waals surface area contributed by atoms with Crippen molar-refractivity contribution in [2.75, 3.05) is 25.4 Å². The van der Waals surface area contributed by atoms with E-state index in [1.165, 1.54) is 26.2 Å². The van der Waals surface area contributed by atoms with Gasteiger partial charge in [-0.1, -0.05) is 18.2 Å². The predicted molar refractivity (Wildman–Crippen MR) is 101 cm³/mol. The summed E-state index contributed by atoms with van der Waals surface area (Å²) >= 11 is 3.45. The van der Waals surface area contributed by atoms with E-state index < -0.39 is 0 Å². The second kappa shape index (κ2) is 6.43. The molecule has 2 aromatic heterocycles. The van der Waals surface area contributed by atoms with Crippen LogP contribution in [0.4, 0.5) is 5.13 Å². The number of hydrogen-bond donors (Lipinski definition) is 1. The van der Waals surface area contributed by atoms with Gasteiger partial charge in [0.15, 0.2) is 5.13 Å². The molecule has 0 amide bonds. The van der Waals surface area contributed by atoms with Crippen LogP contribution in [0.15, 0.2) is 35.7 Å². The van der Waals surface area contributed by atoms with E-state index in [1.54, 1.807) is 22.7 Å². The largest absolute Gasteiger partial charge is 0.375 e. The van der Waals surface area contributed by atoms with Gasteiger partial charge in [0.05, 0.1) is 5.69 Å². The van der Waals surface area contributed by atoms with Crippen LogP contribution in [0.3, 0.4) is 0 Å². The van der Waals surface area contributed by atoms with E-state index in [0.29, 0.717) is 5.13 Å². The molecule has 4 rings (SSSR count). The van der Waals surface area contributed by atoms with Gasteiger partial charge >= 0.3 is 0 Å². The van der Waals surface area contributed by atoms with Crippen LogP contribution in [-0.2, 0) is 12.8 Å². The highest BCUT2D eigenvalue weighted by Crippen LogP contribution is 2.24. The van der Waals surface area contributed by atoms with Crippen molar-refractivity contribution in [3.8, 4) is 0 Å². The number of thiophene rings is 1. The molecule has 0 bridgehead atoms. The minimum Gasteiger partial charge on any atom is -0.375 e. The number of thiazole rings is 1. The van der Waals surface area contributed by atoms with Gasteiger partial charge in [0.1, 0.15) is 0 Å². The highest BCUT2D eigenvalue weighted by Gasteiger charge is 2.16. The molecule has 0 aliphatic carbocycles. The number of rotatable bonds is 3. The number of nitrogen functional groups attached to an aromatic ring is 1. The molecule has 1 aromatic carbocycles. The second-order valence-electron chi connectivity index (χ2n) is 5.84. The van der Waals surface area contributed by atoms with Gasteiger partial charge in [-0.05, 0) is 40.9 Å². The number of hydrogen-bond acceptors (Lipinski definition) is 5. The Labute approximate surface area is 144 Å². The third-order valence-electron chi connectivity index (χ3n) is 4.27. The van der Waals surface area contributed by atoms with E-state index in [1.807, 2.05) is 0 Å². The molecule has 118 valence electrons. The smallest absolute Gasteiger partial charge is 0.180 e. The van der Waals surface area contributed by atoms with Crippen LogP contribution in [0.5, 0.6) is 0 Å². The fourth-order valence-electron chi connectivity index (χ4n) is 3.04. The molecular weight excluding hydrogens is 322 g/mol. The van der Waals surface area contributed by atoms with Crippen molar-refractivity contribution in [1.29, 1.82) is 0 Å². The highest BCUT2D eigenvalue weighted by atomic mass is 32.1. The number of fused-ring (bicyclic) bond motifs is 2. The van der Waals surface area contributed by atoms with Gasteiger partial charge in [0.25, 0.3) is 0 Å². The van der Waals surface area contributed by atoms with Crippen molar-refractivity contribution >= 4 is 44.0 Å². The standard InChI is InChI=1S/C18H19N3S2/c19-18-20-15-5-9-21(10-6-17(15)23-18)8-1-2-13-3-4-16-14(12-13)7-11-22-16/h1-4,7,11-12H,5-6,8-10H2,(H2,19,20). The van der Waals surface area contributed by atoms with Crippen LogP contribution in [-0.4, -0.2) is 29.5 Å². The Hall–Kier alpha value is -1.69. The topological polar surface area (TPSA) is 42.1 Å². The SMILES string of the molecule is Nc1nc2c(s1)CCN(CC=Cc1ccc3sccc3c1)CC2. The molecule has 0 unspecified atom stereocenters. The van der Waals surface area contributed by atoms with Gasteiger partial charge in [-0.15, -0.1) is 22.7 Å². The maximum absolute atomic E-state index is 5.80. The van der Waals surface area contributed by atoms with Crippen LogP contribution in [0.2, 0.25) is 0 Å². The summed E-state index contributed by atoms with van der Waals surface area (Å²) in [6.07, 6.45) is 6.58. The maximum atomic E-state index is 5.80. The normalized spacial score (nSPS) is 16.0. The lowest BCUT2D eigenvalue weighted by atomic mass is 10.1. The number of anilines is 1. The maximum Gasteiger partial charge on any atom is 0.180 e. The van der Waals surface area contributed by atoms with Crippen molar-refractivity contribution < 1.29 is 0 Å². The van der Waals surface area contributed by atoms with Crippen LogP contribution in [0, 0.1) is 0 Å². The quantitative estimate of drug-likeness (QED) is 0.781. The summed E-state index contributed by atoms with van der Waals surface area (Å²) in [5, 5.41) is 4.20. The minimum atomic E-state index is 0.715. The van der Waals surface area contributed by atoms with Crippen LogP contribution < -0.4 is 5.73 Å². The average Bonchev–Trinajstić information content (AvgIpc) is 3.10. The molecular formula is C18H19N3S2. The molecule has 5 heteroatoms. The first-order valence-corrected chi connectivity index (χ1v) is 9.58. The van der Waals surface area contributed by atoms with Crippen molar-refractivity contribution in [3.05, 3.63) is 51.9 Å². The number of aromatic nitrogens is 1. The van der Waals surface area contributed by atoms with Crippen molar-refractivity contribution in [3.63, 3.8) is 0 Å². The summed E-state index contributed by atoms with van der Waals surface area (Å²) in [6, 6.07) is 8.85. The van der Waals surface area contributed by atoms with Gasteiger partial charge in [0.2, 0.25) is 0 Å². The molecule has 1 aliphatic heterocycles. The monoisotopic (exact) mass is 341 g/mol. The second-order valence-corrected chi connectivity index (χ2v) is 7.91. The molecule has 0 fully saturated rings. The van der Waals surface area contributed by atoms with E-state index >= 15 is 0 Å². The predicted octanol–water partition coefficient (Wildman–Crippen LogP) is 4.05. The lowest BCUT2D eigenvalue weighted by Crippen LogP contribution is -2.26. The molecule has 0 radical (unpaired) electrons. The summed E-state index contributed by atoms with van der Waals surface area (Å²) < 4.78 is 1.35. The molecule has 1 aliphatic rings. The van der Waals surface area contributed by atoms with Crippen molar-refractivity contribution in [2.45, 2.75) is 12.8 Å². The Bertz CT molecular complexity index is 821. The number of nitrogens with zero attached hydrogens (tertiary/aromatic N) is 2. The third kappa shape index (κ3) is 3.32. The van der Waals surface area contributed by atoms with E-state index in [4.69, 9.17) is 5.73 Å². The Kier molecular flexibility index (Phi) is 4.16. The molecule has 23 heavy (non-hydrogen) atoms. The average molecular weight is 342 g/mol. The molecule has 0 saturated carbocycles. The minimum absolute atomic E-state index is 0.715. The van der Waals surface area contributed by atoms with Gasteiger partial charge < -0.3 is 5.73 Å². The zero-order valence-corrected chi connectivity index (χ0v) is 14.5. The van der Waals surface area contributed by atoms with Crippen molar-refractivity contribution in [1.82, 2.24) is 9.88 Å². The Balaban J connectivity index is 1.38. The van der Waals surface area contributed by atoms with E-state index in [9.17, 15) is 0 Å². The van der Waals surface area contributed by atoms with Gasteiger partial charge in [0, 0.05) is 35.6 Å². The Morgan fingerprint density at radius 3 is 3.09 bits per heavy atom. The van der Waals surface area contributed by atoms with Crippen LogP contribution in [0.1, 0.15) is 16.1 Å². The van der Waals surface area contributed by atoms with Gasteiger partial charge in [-0.25, -0.2) is 4.98 Å².